The summed E-state index contributed by atoms with van der Waals surface area (Å²) in [5.41, 5.74) is 4.73. The van der Waals surface area contributed by atoms with Gasteiger partial charge in [0.1, 0.15) is 11.6 Å². The van der Waals surface area contributed by atoms with Crippen LogP contribution in [-0.2, 0) is 19.3 Å². The molecule has 2 heterocycles. The zero-order valence-corrected chi connectivity index (χ0v) is 21.9. The fraction of sp³-hybridized carbons (Fsp3) is 0.312. The summed E-state index contributed by atoms with van der Waals surface area (Å²) in [6, 6.07) is 27.1. The molecule has 1 N–H and O–H groups in total. The van der Waals surface area contributed by atoms with Crippen LogP contribution in [0.5, 0.6) is 0 Å². The van der Waals surface area contributed by atoms with E-state index in [-0.39, 0.29) is 5.82 Å². The number of β-amino-alcohol motifs (C(OH)–C–C–N with tert-alkyl or cyclic N) is 1. The predicted molar refractivity (Wildman–Crippen MR) is 151 cm³/mol. The topological polar surface area (TPSA) is 52.5 Å². The molecule has 6 heteroatoms. The Morgan fingerprint density at radius 3 is 2.18 bits per heavy atom. The molecule has 1 aliphatic rings. The second-order valence-corrected chi connectivity index (χ2v) is 9.92. The number of piperazine rings is 1. The van der Waals surface area contributed by atoms with Crippen molar-refractivity contribution < 1.29 is 9.50 Å². The lowest BCUT2D eigenvalue weighted by molar-refractivity contribution is 0.109. The third-order valence-corrected chi connectivity index (χ3v) is 7.22. The van der Waals surface area contributed by atoms with Crippen LogP contribution in [0, 0.1) is 5.82 Å². The number of benzene rings is 3. The number of rotatable bonds is 9. The molecule has 0 aliphatic carbocycles. The van der Waals surface area contributed by atoms with E-state index in [9.17, 15) is 9.50 Å². The summed E-state index contributed by atoms with van der Waals surface area (Å²) in [7, 11) is 0. The molecule has 3 aromatic carbocycles. The molecule has 1 fully saturated rings. The maximum absolute atomic E-state index is 14.7. The highest BCUT2D eigenvalue weighted by Gasteiger charge is 2.25. The van der Waals surface area contributed by atoms with Crippen LogP contribution >= 0.6 is 0 Å². The van der Waals surface area contributed by atoms with Crippen LogP contribution in [0.2, 0.25) is 0 Å². The van der Waals surface area contributed by atoms with Crippen LogP contribution in [0.15, 0.2) is 84.9 Å². The molecule has 38 heavy (non-hydrogen) atoms. The molecule has 1 saturated heterocycles. The predicted octanol–water partition coefficient (Wildman–Crippen LogP) is 5.16. The van der Waals surface area contributed by atoms with Gasteiger partial charge in [0.25, 0.3) is 0 Å². The van der Waals surface area contributed by atoms with Gasteiger partial charge in [-0.2, -0.15) is 0 Å². The molecular formula is C32H35FN4O. The van der Waals surface area contributed by atoms with Crippen molar-refractivity contribution in [1.82, 2.24) is 14.9 Å². The summed E-state index contributed by atoms with van der Waals surface area (Å²) in [6.45, 7) is 5.98. The zero-order chi connectivity index (χ0) is 26.3. The first-order valence-electron chi connectivity index (χ1n) is 13.5. The third-order valence-electron chi connectivity index (χ3n) is 7.22. The average molecular weight is 511 g/mol. The van der Waals surface area contributed by atoms with Gasteiger partial charge in [-0.3, -0.25) is 4.90 Å². The molecule has 5 nitrogen and oxygen atoms in total. The van der Waals surface area contributed by atoms with Crippen molar-refractivity contribution in [3.63, 3.8) is 0 Å². The Kier molecular flexibility index (Phi) is 8.41. The standard InChI is InChI=1S/C32H35FN4O/c1-2-30-28(22-26-15-9-10-16-29(26)33)32(35-31(34-30)25-13-7-4-8-14-25)37-19-17-36(18-20-37)23-27(38)21-24-11-5-3-6-12-24/h3-16,27,38H,2,17-23H2,1H3/t27-/m0/s1. The first-order valence-corrected chi connectivity index (χ1v) is 13.5. The Morgan fingerprint density at radius 2 is 1.50 bits per heavy atom. The van der Waals surface area contributed by atoms with Crippen LogP contribution < -0.4 is 4.90 Å². The molecule has 0 unspecified atom stereocenters. The molecular weight excluding hydrogens is 475 g/mol. The first kappa shape index (κ1) is 26.0. The van der Waals surface area contributed by atoms with Crippen molar-refractivity contribution in [2.24, 2.45) is 0 Å². The highest BCUT2D eigenvalue weighted by atomic mass is 19.1. The van der Waals surface area contributed by atoms with E-state index in [1.807, 2.05) is 60.7 Å². The number of halogens is 1. The molecule has 0 bridgehead atoms. The molecule has 1 aliphatic heterocycles. The van der Waals surface area contributed by atoms with Gasteiger partial charge >= 0.3 is 0 Å². The van der Waals surface area contributed by atoms with Crippen molar-refractivity contribution in [3.05, 3.63) is 113 Å². The monoisotopic (exact) mass is 510 g/mol. The van der Waals surface area contributed by atoms with Crippen molar-refractivity contribution in [3.8, 4) is 11.4 Å². The zero-order valence-electron chi connectivity index (χ0n) is 21.9. The summed E-state index contributed by atoms with van der Waals surface area (Å²) < 4.78 is 14.7. The van der Waals surface area contributed by atoms with E-state index < -0.39 is 6.10 Å². The van der Waals surface area contributed by atoms with Crippen molar-refractivity contribution in [2.75, 3.05) is 37.6 Å². The maximum atomic E-state index is 14.7. The Labute approximate surface area is 224 Å². The largest absolute Gasteiger partial charge is 0.391 e. The van der Waals surface area contributed by atoms with Crippen LogP contribution in [0.25, 0.3) is 11.4 Å². The number of hydrogen-bond acceptors (Lipinski definition) is 5. The van der Waals surface area contributed by atoms with Gasteiger partial charge in [0, 0.05) is 56.0 Å². The van der Waals surface area contributed by atoms with Crippen LogP contribution in [0.1, 0.15) is 29.3 Å². The minimum atomic E-state index is -0.406. The molecule has 5 rings (SSSR count). The summed E-state index contributed by atoms with van der Waals surface area (Å²) in [4.78, 5) is 14.6. The molecule has 196 valence electrons. The minimum Gasteiger partial charge on any atom is -0.391 e. The molecule has 0 spiro atoms. The minimum absolute atomic E-state index is 0.204. The lowest BCUT2D eigenvalue weighted by atomic mass is 10.0. The normalized spacial score (nSPS) is 15.0. The Hall–Kier alpha value is -3.61. The second kappa shape index (κ2) is 12.3. The van der Waals surface area contributed by atoms with E-state index in [0.717, 1.165) is 60.8 Å². The lowest BCUT2D eigenvalue weighted by Crippen LogP contribution is -2.49. The summed E-state index contributed by atoms with van der Waals surface area (Å²) >= 11 is 0. The number of anilines is 1. The molecule has 0 amide bonds. The van der Waals surface area contributed by atoms with E-state index in [1.165, 1.54) is 6.07 Å². The Bertz CT molecular complexity index is 1320. The highest BCUT2D eigenvalue weighted by Crippen LogP contribution is 2.29. The van der Waals surface area contributed by atoms with Gasteiger partial charge < -0.3 is 10.0 Å². The quantitative estimate of drug-likeness (QED) is 0.337. The van der Waals surface area contributed by atoms with E-state index in [4.69, 9.17) is 9.97 Å². The summed E-state index contributed by atoms with van der Waals surface area (Å²) in [6.07, 6.45) is 1.44. The Balaban J connectivity index is 1.38. The highest BCUT2D eigenvalue weighted by molar-refractivity contribution is 5.61. The summed E-state index contributed by atoms with van der Waals surface area (Å²) in [5.74, 6) is 1.39. The third kappa shape index (κ3) is 6.26. The van der Waals surface area contributed by atoms with E-state index in [2.05, 4.69) is 28.9 Å². The van der Waals surface area contributed by atoms with Crippen molar-refractivity contribution in [1.29, 1.82) is 0 Å². The summed E-state index contributed by atoms with van der Waals surface area (Å²) in [5, 5.41) is 10.7. The van der Waals surface area contributed by atoms with E-state index in [0.29, 0.717) is 30.8 Å². The van der Waals surface area contributed by atoms with Crippen LogP contribution in [-0.4, -0.2) is 58.8 Å². The molecule has 4 aromatic rings. The number of aliphatic hydroxyl groups is 1. The van der Waals surface area contributed by atoms with Crippen LogP contribution in [0.4, 0.5) is 10.2 Å². The first-order chi connectivity index (χ1) is 18.6. The number of aliphatic hydroxyl groups excluding tert-OH is 1. The Morgan fingerprint density at radius 1 is 0.842 bits per heavy atom. The van der Waals surface area contributed by atoms with E-state index >= 15 is 0 Å². The van der Waals surface area contributed by atoms with Gasteiger partial charge in [-0.05, 0) is 30.0 Å². The fourth-order valence-corrected chi connectivity index (χ4v) is 5.19. The van der Waals surface area contributed by atoms with Gasteiger partial charge in [-0.1, -0.05) is 85.8 Å². The van der Waals surface area contributed by atoms with Gasteiger partial charge in [-0.15, -0.1) is 0 Å². The fourth-order valence-electron chi connectivity index (χ4n) is 5.19. The molecule has 1 atom stereocenters. The average Bonchev–Trinajstić information content (AvgIpc) is 2.95. The maximum Gasteiger partial charge on any atom is 0.161 e. The number of hydrogen-bond donors (Lipinski definition) is 1. The van der Waals surface area contributed by atoms with Gasteiger partial charge in [-0.25, -0.2) is 14.4 Å². The van der Waals surface area contributed by atoms with Crippen molar-refractivity contribution in [2.45, 2.75) is 32.3 Å². The molecule has 0 radical (unpaired) electrons. The molecule has 0 saturated carbocycles. The van der Waals surface area contributed by atoms with Gasteiger partial charge in [0.15, 0.2) is 5.82 Å². The second-order valence-electron chi connectivity index (χ2n) is 9.92. The number of aryl methyl sites for hydroxylation is 1. The number of nitrogens with zero attached hydrogens (tertiary/aromatic N) is 4. The smallest absolute Gasteiger partial charge is 0.161 e. The SMILES string of the molecule is CCc1nc(-c2ccccc2)nc(N2CCN(C[C@@H](O)Cc3ccccc3)CC2)c1Cc1ccccc1F. The molecule has 1 aromatic heterocycles. The lowest BCUT2D eigenvalue weighted by Gasteiger charge is -2.37. The van der Waals surface area contributed by atoms with E-state index in [1.54, 1.807) is 6.07 Å². The van der Waals surface area contributed by atoms with Gasteiger partial charge in [0.2, 0.25) is 0 Å². The van der Waals surface area contributed by atoms with Gasteiger partial charge in [0.05, 0.1) is 6.10 Å². The van der Waals surface area contributed by atoms with Crippen molar-refractivity contribution >= 4 is 5.82 Å². The number of aromatic nitrogens is 2. The van der Waals surface area contributed by atoms with Crippen LogP contribution in [0.3, 0.4) is 0 Å².